The molecule has 1 nitrogen and oxygen atoms in total. The first-order valence-electron chi connectivity index (χ1n) is 4.82. The molecule has 2 rings (SSSR count). The molecule has 1 saturated heterocycles. The zero-order valence-electron chi connectivity index (χ0n) is 7.59. The van der Waals surface area contributed by atoms with Crippen LogP contribution in [0.4, 0.5) is 4.39 Å². The van der Waals surface area contributed by atoms with Crippen LogP contribution in [0.1, 0.15) is 24.3 Å². The number of rotatable bonds is 1. The topological polar surface area (TPSA) is 12.0 Å². The maximum atomic E-state index is 12.6. The predicted octanol–water partition coefficient (Wildman–Crippen LogP) is 2.29. The number of piperidine rings is 1. The molecule has 0 amide bonds. The van der Waals surface area contributed by atoms with Crippen LogP contribution in [0.25, 0.3) is 0 Å². The third-order valence-corrected chi connectivity index (χ3v) is 2.64. The zero-order valence-corrected chi connectivity index (χ0v) is 7.59. The van der Waals surface area contributed by atoms with Crippen LogP contribution in [0.3, 0.4) is 0 Å². The van der Waals surface area contributed by atoms with E-state index in [1.165, 1.54) is 18.4 Å². The molecule has 1 aliphatic rings. The lowest BCUT2D eigenvalue weighted by Crippen LogP contribution is -2.28. The standard InChI is InChI=1S/C11H14FN/c12-11-5-3-9(4-6-11)10-2-1-7-13-8-10/h3-6,10,13H,1-2,7-8H2/t10-/m1/s1. The number of nitrogens with one attached hydrogen (secondary N) is 1. The fraction of sp³-hybridized carbons (Fsp3) is 0.455. The highest BCUT2D eigenvalue weighted by atomic mass is 19.1. The summed E-state index contributed by atoms with van der Waals surface area (Å²) < 4.78 is 12.6. The Morgan fingerprint density at radius 3 is 2.62 bits per heavy atom. The van der Waals surface area contributed by atoms with E-state index in [0.717, 1.165) is 13.1 Å². The molecule has 1 aromatic rings. The lowest BCUT2D eigenvalue weighted by molar-refractivity contribution is 0.461. The maximum absolute atomic E-state index is 12.6. The molecule has 1 heterocycles. The maximum Gasteiger partial charge on any atom is 0.123 e. The van der Waals surface area contributed by atoms with Crippen LogP contribution in [0.2, 0.25) is 0 Å². The summed E-state index contributed by atoms with van der Waals surface area (Å²) >= 11 is 0. The summed E-state index contributed by atoms with van der Waals surface area (Å²) in [7, 11) is 0. The largest absolute Gasteiger partial charge is 0.316 e. The molecule has 2 heteroatoms. The first-order chi connectivity index (χ1) is 6.36. The van der Waals surface area contributed by atoms with Crippen molar-refractivity contribution in [2.45, 2.75) is 18.8 Å². The van der Waals surface area contributed by atoms with Gasteiger partial charge >= 0.3 is 0 Å². The molecule has 70 valence electrons. The van der Waals surface area contributed by atoms with Crippen molar-refractivity contribution in [3.63, 3.8) is 0 Å². The Morgan fingerprint density at radius 1 is 1.23 bits per heavy atom. The average molecular weight is 179 g/mol. The van der Waals surface area contributed by atoms with Crippen LogP contribution in [0, 0.1) is 5.82 Å². The quantitative estimate of drug-likeness (QED) is 0.697. The van der Waals surface area contributed by atoms with Gasteiger partial charge in [-0.25, -0.2) is 4.39 Å². The molecule has 0 spiro atoms. The second kappa shape index (κ2) is 3.88. The smallest absolute Gasteiger partial charge is 0.123 e. The van der Waals surface area contributed by atoms with Gasteiger partial charge in [0, 0.05) is 6.54 Å². The van der Waals surface area contributed by atoms with Gasteiger partial charge in [0.15, 0.2) is 0 Å². The Kier molecular flexibility index (Phi) is 2.60. The Morgan fingerprint density at radius 2 is 2.00 bits per heavy atom. The summed E-state index contributed by atoms with van der Waals surface area (Å²) in [5.74, 6) is 0.432. The van der Waals surface area contributed by atoms with Crippen LogP contribution in [-0.2, 0) is 0 Å². The number of benzene rings is 1. The van der Waals surface area contributed by atoms with E-state index in [1.54, 1.807) is 12.1 Å². The van der Waals surface area contributed by atoms with Gasteiger partial charge in [0.25, 0.3) is 0 Å². The second-order valence-electron chi connectivity index (χ2n) is 3.59. The molecule has 0 unspecified atom stereocenters. The van der Waals surface area contributed by atoms with Crippen molar-refractivity contribution in [3.05, 3.63) is 35.6 Å². The summed E-state index contributed by atoms with van der Waals surface area (Å²) in [6.07, 6.45) is 2.45. The Labute approximate surface area is 78.0 Å². The first-order valence-corrected chi connectivity index (χ1v) is 4.82. The molecular formula is C11H14FN. The lowest BCUT2D eigenvalue weighted by atomic mass is 9.92. The normalized spacial score (nSPS) is 23.0. The summed E-state index contributed by atoms with van der Waals surface area (Å²) in [5.41, 5.74) is 1.26. The molecular weight excluding hydrogens is 165 g/mol. The van der Waals surface area contributed by atoms with Crippen molar-refractivity contribution in [2.24, 2.45) is 0 Å². The second-order valence-corrected chi connectivity index (χ2v) is 3.59. The Bertz CT molecular complexity index is 262. The van der Waals surface area contributed by atoms with E-state index in [1.807, 2.05) is 12.1 Å². The average Bonchev–Trinajstić information content (AvgIpc) is 2.20. The summed E-state index contributed by atoms with van der Waals surface area (Å²) in [5, 5.41) is 3.35. The van der Waals surface area contributed by atoms with Crippen molar-refractivity contribution < 1.29 is 4.39 Å². The van der Waals surface area contributed by atoms with Crippen LogP contribution in [-0.4, -0.2) is 13.1 Å². The van der Waals surface area contributed by atoms with Crippen LogP contribution in [0.15, 0.2) is 24.3 Å². The predicted molar refractivity (Wildman–Crippen MR) is 51.2 cm³/mol. The van der Waals surface area contributed by atoms with Crippen molar-refractivity contribution in [2.75, 3.05) is 13.1 Å². The van der Waals surface area contributed by atoms with E-state index < -0.39 is 0 Å². The Hall–Kier alpha value is -0.890. The van der Waals surface area contributed by atoms with Gasteiger partial charge in [-0.15, -0.1) is 0 Å². The zero-order chi connectivity index (χ0) is 9.10. The number of hydrogen-bond acceptors (Lipinski definition) is 1. The molecule has 1 aromatic carbocycles. The molecule has 0 radical (unpaired) electrons. The van der Waals surface area contributed by atoms with Crippen molar-refractivity contribution in [1.82, 2.24) is 5.32 Å². The van der Waals surface area contributed by atoms with E-state index in [-0.39, 0.29) is 5.82 Å². The molecule has 0 bridgehead atoms. The summed E-state index contributed by atoms with van der Waals surface area (Å²) in [6.45, 7) is 2.16. The monoisotopic (exact) mass is 179 g/mol. The molecule has 1 N–H and O–H groups in total. The molecule has 0 aliphatic carbocycles. The highest BCUT2D eigenvalue weighted by Crippen LogP contribution is 2.22. The summed E-state index contributed by atoms with van der Waals surface area (Å²) in [4.78, 5) is 0. The molecule has 13 heavy (non-hydrogen) atoms. The number of hydrogen-bond donors (Lipinski definition) is 1. The van der Waals surface area contributed by atoms with E-state index in [0.29, 0.717) is 5.92 Å². The molecule has 1 aliphatic heterocycles. The first kappa shape index (κ1) is 8.70. The molecule has 0 saturated carbocycles. The van der Waals surface area contributed by atoms with Gasteiger partial charge in [0.1, 0.15) is 5.82 Å². The van der Waals surface area contributed by atoms with Gasteiger partial charge in [0.05, 0.1) is 0 Å². The third kappa shape index (κ3) is 2.07. The van der Waals surface area contributed by atoms with E-state index in [4.69, 9.17) is 0 Å². The number of halogens is 1. The molecule has 1 fully saturated rings. The van der Waals surface area contributed by atoms with Crippen molar-refractivity contribution in [3.8, 4) is 0 Å². The third-order valence-electron chi connectivity index (χ3n) is 2.64. The van der Waals surface area contributed by atoms with E-state index in [2.05, 4.69) is 5.32 Å². The Balaban J connectivity index is 2.10. The van der Waals surface area contributed by atoms with Crippen molar-refractivity contribution >= 4 is 0 Å². The SMILES string of the molecule is Fc1ccc([C@@H]2CCCNC2)cc1. The van der Waals surface area contributed by atoms with Gasteiger partial charge in [-0.05, 0) is 43.0 Å². The minimum absolute atomic E-state index is 0.146. The molecule has 0 aromatic heterocycles. The minimum Gasteiger partial charge on any atom is -0.316 e. The molecule has 1 atom stereocenters. The minimum atomic E-state index is -0.146. The highest BCUT2D eigenvalue weighted by molar-refractivity contribution is 5.21. The highest BCUT2D eigenvalue weighted by Gasteiger charge is 2.14. The van der Waals surface area contributed by atoms with Gasteiger partial charge in [-0.3, -0.25) is 0 Å². The van der Waals surface area contributed by atoms with Gasteiger partial charge in [-0.2, -0.15) is 0 Å². The van der Waals surface area contributed by atoms with Gasteiger partial charge in [-0.1, -0.05) is 12.1 Å². The fourth-order valence-corrected chi connectivity index (χ4v) is 1.87. The fourth-order valence-electron chi connectivity index (χ4n) is 1.87. The van der Waals surface area contributed by atoms with Crippen molar-refractivity contribution in [1.29, 1.82) is 0 Å². The van der Waals surface area contributed by atoms with Gasteiger partial charge in [0.2, 0.25) is 0 Å². The van der Waals surface area contributed by atoms with E-state index in [9.17, 15) is 4.39 Å². The van der Waals surface area contributed by atoms with Crippen LogP contribution >= 0.6 is 0 Å². The van der Waals surface area contributed by atoms with Gasteiger partial charge < -0.3 is 5.32 Å². The van der Waals surface area contributed by atoms with Crippen LogP contribution in [0.5, 0.6) is 0 Å². The van der Waals surface area contributed by atoms with E-state index >= 15 is 0 Å². The summed E-state index contributed by atoms with van der Waals surface area (Å²) in [6, 6.07) is 6.88. The van der Waals surface area contributed by atoms with Crippen LogP contribution < -0.4 is 5.32 Å². The lowest BCUT2D eigenvalue weighted by Gasteiger charge is -2.22.